The van der Waals surface area contributed by atoms with Gasteiger partial charge in [0.25, 0.3) is 0 Å². The van der Waals surface area contributed by atoms with Crippen LogP contribution < -0.4 is 10.6 Å². The predicted octanol–water partition coefficient (Wildman–Crippen LogP) is 2.28. The third kappa shape index (κ3) is 6.23. The third-order valence-electron chi connectivity index (χ3n) is 4.96. The van der Waals surface area contributed by atoms with Crippen molar-refractivity contribution in [3.05, 3.63) is 34.9 Å². The van der Waals surface area contributed by atoms with E-state index in [2.05, 4.69) is 25.9 Å². The molecule has 2 aromatic rings. The molecule has 0 bridgehead atoms. The Kier molecular flexibility index (Phi) is 9.83. The van der Waals surface area contributed by atoms with Crippen molar-refractivity contribution in [2.24, 2.45) is 0 Å². The van der Waals surface area contributed by atoms with Gasteiger partial charge in [-0.15, -0.1) is 24.8 Å². The molecule has 152 valence electrons. The third-order valence-corrected chi connectivity index (χ3v) is 4.96. The summed E-state index contributed by atoms with van der Waals surface area (Å²) in [4.78, 5) is 12.2. The van der Waals surface area contributed by atoms with Crippen molar-refractivity contribution in [3.63, 3.8) is 0 Å². The number of nitrogens with one attached hydrogen (secondary N) is 3. The lowest BCUT2D eigenvalue weighted by Crippen LogP contribution is -2.32. The van der Waals surface area contributed by atoms with Crippen LogP contribution in [0.25, 0.3) is 0 Å². The fraction of sp³-hybridized carbons (Fsp3) is 0.611. The number of rotatable bonds is 7. The molecule has 0 spiro atoms. The number of piperidine rings is 1. The Hall–Kier alpha value is -1.57. The van der Waals surface area contributed by atoms with Gasteiger partial charge in [0.15, 0.2) is 0 Å². The Labute approximate surface area is 172 Å². The van der Waals surface area contributed by atoms with E-state index in [0.717, 1.165) is 49.4 Å². The van der Waals surface area contributed by atoms with Gasteiger partial charge in [-0.1, -0.05) is 0 Å². The van der Waals surface area contributed by atoms with Crippen LogP contribution in [0.1, 0.15) is 47.8 Å². The molecule has 1 atom stereocenters. The second kappa shape index (κ2) is 11.3. The van der Waals surface area contributed by atoms with Gasteiger partial charge < -0.3 is 10.6 Å². The number of aryl methyl sites for hydroxylation is 2. The van der Waals surface area contributed by atoms with E-state index >= 15 is 0 Å². The molecule has 1 aliphatic heterocycles. The number of aromatic amines is 1. The average Bonchev–Trinajstić information content (AvgIpc) is 3.20. The van der Waals surface area contributed by atoms with Gasteiger partial charge in [0.2, 0.25) is 5.91 Å². The van der Waals surface area contributed by atoms with Gasteiger partial charge in [-0.2, -0.15) is 10.2 Å². The van der Waals surface area contributed by atoms with Crippen LogP contribution in [0.3, 0.4) is 0 Å². The maximum absolute atomic E-state index is 12.2. The minimum Gasteiger partial charge on any atom is -0.354 e. The van der Waals surface area contributed by atoms with Gasteiger partial charge in [-0.05, 0) is 57.7 Å². The maximum atomic E-state index is 12.2. The molecule has 0 aromatic carbocycles. The van der Waals surface area contributed by atoms with Crippen LogP contribution in [0.4, 0.5) is 0 Å². The van der Waals surface area contributed by atoms with Crippen LogP contribution in [-0.4, -0.2) is 45.5 Å². The lowest BCUT2D eigenvalue weighted by molar-refractivity contribution is -0.121. The Bertz CT molecular complexity index is 689. The lowest BCUT2D eigenvalue weighted by Gasteiger charge is -2.23. The summed E-state index contributed by atoms with van der Waals surface area (Å²) in [6.07, 6.45) is 5.96. The van der Waals surface area contributed by atoms with Crippen LogP contribution in [0, 0.1) is 13.8 Å². The van der Waals surface area contributed by atoms with Gasteiger partial charge in [0.05, 0.1) is 5.69 Å². The highest BCUT2D eigenvalue weighted by molar-refractivity contribution is 5.85. The second-order valence-corrected chi connectivity index (χ2v) is 6.82. The van der Waals surface area contributed by atoms with E-state index in [1.54, 1.807) is 6.20 Å². The number of halogens is 2. The standard InChI is InChI=1S/C18H28N6O.2ClH/c1-13-16(14(2)23-22-13)6-4-9-20-18(25)12-24-17(7-10-21-24)15-5-3-8-19-11-15;;/h7,10,15,19H,3-6,8-9,11-12H2,1-2H3,(H,20,25)(H,22,23);2*1H. The van der Waals surface area contributed by atoms with Gasteiger partial charge in [-0.25, -0.2) is 0 Å². The minimum absolute atomic E-state index is 0. The molecule has 3 N–H and O–H groups in total. The first-order valence-electron chi connectivity index (χ1n) is 9.14. The quantitative estimate of drug-likeness (QED) is 0.604. The average molecular weight is 417 g/mol. The van der Waals surface area contributed by atoms with Crippen molar-refractivity contribution >= 4 is 30.7 Å². The summed E-state index contributed by atoms with van der Waals surface area (Å²) >= 11 is 0. The number of amides is 1. The van der Waals surface area contributed by atoms with Crippen molar-refractivity contribution in [3.8, 4) is 0 Å². The highest BCUT2D eigenvalue weighted by Gasteiger charge is 2.19. The Morgan fingerprint density at radius 2 is 2.19 bits per heavy atom. The number of hydrogen-bond donors (Lipinski definition) is 3. The first-order valence-corrected chi connectivity index (χ1v) is 9.14. The summed E-state index contributed by atoms with van der Waals surface area (Å²) in [5, 5.41) is 18.0. The monoisotopic (exact) mass is 416 g/mol. The Balaban J connectivity index is 0.00000182. The number of carbonyl (C=O) groups is 1. The van der Waals surface area contributed by atoms with Crippen molar-refractivity contribution in [2.75, 3.05) is 19.6 Å². The number of hydrogen-bond acceptors (Lipinski definition) is 4. The first-order chi connectivity index (χ1) is 12.1. The molecule has 0 aliphatic carbocycles. The molecular weight excluding hydrogens is 387 g/mol. The fourth-order valence-electron chi connectivity index (χ4n) is 3.55. The van der Waals surface area contributed by atoms with Gasteiger partial charge in [0, 0.05) is 36.6 Å². The number of carbonyl (C=O) groups excluding carboxylic acids is 1. The molecule has 27 heavy (non-hydrogen) atoms. The highest BCUT2D eigenvalue weighted by atomic mass is 35.5. The summed E-state index contributed by atoms with van der Waals surface area (Å²) in [6, 6.07) is 2.04. The largest absolute Gasteiger partial charge is 0.354 e. The van der Waals surface area contributed by atoms with Crippen LogP contribution in [0.2, 0.25) is 0 Å². The number of aromatic nitrogens is 4. The predicted molar refractivity (Wildman–Crippen MR) is 111 cm³/mol. The molecule has 1 aliphatic rings. The van der Waals surface area contributed by atoms with E-state index in [9.17, 15) is 4.79 Å². The van der Waals surface area contributed by atoms with Crippen molar-refractivity contribution < 1.29 is 4.79 Å². The van der Waals surface area contributed by atoms with Crippen molar-refractivity contribution in [1.29, 1.82) is 0 Å². The van der Waals surface area contributed by atoms with E-state index in [-0.39, 0.29) is 30.7 Å². The summed E-state index contributed by atoms with van der Waals surface area (Å²) in [7, 11) is 0. The van der Waals surface area contributed by atoms with Gasteiger partial charge >= 0.3 is 0 Å². The molecule has 0 saturated carbocycles. The zero-order chi connectivity index (χ0) is 17.6. The molecule has 0 radical (unpaired) electrons. The van der Waals surface area contributed by atoms with E-state index < -0.39 is 0 Å². The molecule has 1 unspecified atom stereocenters. The van der Waals surface area contributed by atoms with Crippen molar-refractivity contribution in [2.45, 2.75) is 52.0 Å². The lowest BCUT2D eigenvalue weighted by atomic mass is 9.96. The molecule has 1 saturated heterocycles. The maximum Gasteiger partial charge on any atom is 0.241 e. The number of H-pyrrole nitrogens is 1. The summed E-state index contributed by atoms with van der Waals surface area (Å²) in [5.74, 6) is 0.477. The van der Waals surface area contributed by atoms with Gasteiger partial charge in [0.1, 0.15) is 6.54 Å². The SMILES string of the molecule is Cc1n[nH]c(C)c1CCCNC(=O)Cn1nccc1C1CCCNC1.Cl.Cl. The number of nitrogens with zero attached hydrogens (tertiary/aromatic N) is 3. The molecule has 3 heterocycles. The summed E-state index contributed by atoms with van der Waals surface area (Å²) < 4.78 is 1.84. The topological polar surface area (TPSA) is 87.6 Å². The smallest absolute Gasteiger partial charge is 0.241 e. The first kappa shape index (κ1) is 23.5. The van der Waals surface area contributed by atoms with E-state index in [4.69, 9.17) is 0 Å². The zero-order valence-corrected chi connectivity index (χ0v) is 17.6. The molecule has 2 aromatic heterocycles. The Morgan fingerprint density at radius 3 is 2.85 bits per heavy atom. The molecule has 9 heteroatoms. The van der Waals surface area contributed by atoms with E-state index in [0.29, 0.717) is 19.0 Å². The summed E-state index contributed by atoms with van der Waals surface area (Å²) in [6.45, 7) is 7.06. The molecule has 1 amide bonds. The minimum atomic E-state index is 0. The van der Waals surface area contributed by atoms with Crippen LogP contribution >= 0.6 is 24.8 Å². The van der Waals surface area contributed by atoms with Crippen LogP contribution in [0.5, 0.6) is 0 Å². The van der Waals surface area contributed by atoms with E-state index in [1.807, 2.05) is 24.6 Å². The van der Waals surface area contributed by atoms with Crippen LogP contribution in [-0.2, 0) is 17.8 Å². The van der Waals surface area contributed by atoms with Gasteiger partial charge in [-0.3, -0.25) is 14.6 Å². The second-order valence-electron chi connectivity index (χ2n) is 6.82. The van der Waals surface area contributed by atoms with E-state index in [1.165, 1.54) is 12.0 Å². The molecule has 7 nitrogen and oxygen atoms in total. The highest BCUT2D eigenvalue weighted by Crippen LogP contribution is 2.22. The van der Waals surface area contributed by atoms with Crippen LogP contribution in [0.15, 0.2) is 12.3 Å². The zero-order valence-electron chi connectivity index (χ0n) is 16.0. The molecule has 3 rings (SSSR count). The fourth-order valence-corrected chi connectivity index (χ4v) is 3.55. The normalized spacial score (nSPS) is 16.3. The molecule has 1 fully saturated rings. The van der Waals surface area contributed by atoms with Crippen molar-refractivity contribution in [1.82, 2.24) is 30.6 Å². The molecular formula is C18H30Cl2N6O. The Morgan fingerprint density at radius 1 is 1.37 bits per heavy atom. The summed E-state index contributed by atoms with van der Waals surface area (Å²) in [5.41, 5.74) is 4.58.